The lowest BCUT2D eigenvalue weighted by Gasteiger charge is -2.09. The van der Waals surface area contributed by atoms with Crippen LogP contribution in [-0.2, 0) is 4.79 Å². The zero-order valence-electron chi connectivity index (χ0n) is 10.2. The van der Waals surface area contributed by atoms with Crippen LogP contribution in [0.2, 0.25) is 0 Å². The van der Waals surface area contributed by atoms with Crippen molar-refractivity contribution in [3.8, 4) is 0 Å². The maximum Gasteiger partial charge on any atom is 0.245 e. The molecule has 0 aromatic heterocycles. The number of amides is 1. The second-order valence-corrected chi connectivity index (χ2v) is 5.23. The Balaban J connectivity index is 1.98. The van der Waals surface area contributed by atoms with E-state index in [4.69, 9.17) is 5.11 Å². The topological polar surface area (TPSA) is 61.7 Å². The molecule has 1 aliphatic heterocycles. The molecule has 0 bridgehead atoms. The van der Waals surface area contributed by atoms with Crippen molar-refractivity contribution < 1.29 is 9.90 Å². The van der Waals surface area contributed by atoms with Crippen molar-refractivity contribution in [2.75, 3.05) is 12.3 Å². The number of nitrogens with one attached hydrogen (secondary N) is 1. The van der Waals surface area contributed by atoms with Crippen molar-refractivity contribution >= 4 is 22.7 Å². The van der Waals surface area contributed by atoms with Gasteiger partial charge in [0.1, 0.15) is 6.04 Å². The van der Waals surface area contributed by atoms with Gasteiger partial charge in [-0.15, -0.1) is 11.8 Å². The molecule has 1 aliphatic rings. The van der Waals surface area contributed by atoms with E-state index < -0.39 is 6.10 Å². The van der Waals surface area contributed by atoms with Crippen molar-refractivity contribution in [1.82, 2.24) is 5.32 Å². The third-order valence-electron chi connectivity index (χ3n) is 2.55. The molecule has 4 nitrogen and oxygen atoms in total. The Hall–Kier alpha value is -1.33. The molecule has 1 amide bonds. The van der Waals surface area contributed by atoms with Gasteiger partial charge in [0.2, 0.25) is 5.91 Å². The Morgan fingerprint density at radius 3 is 2.94 bits per heavy atom. The number of aliphatic hydroxyl groups is 1. The van der Waals surface area contributed by atoms with Crippen LogP contribution in [0.5, 0.6) is 0 Å². The van der Waals surface area contributed by atoms with Gasteiger partial charge in [-0.1, -0.05) is 30.3 Å². The summed E-state index contributed by atoms with van der Waals surface area (Å²) in [7, 11) is 0. The number of rotatable bonds is 4. The number of hydrogen-bond donors (Lipinski definition) is 2. The van der Waals surface area contributed by atoms with Crippen LogP contribution < -0.4 is 5.32 Å². The Bertz CT molecular complexity index is 446. The number of hydrogen-bond acceptors (Lipinski definition) is 4. The van der Waals surface area contributed by atoms with Crippen LogP contribution in [0.3, 0.4) is 0 Å². The normalized spacial score (nSPS) is 20.3. The molecule has 2 atom stereocenters. The SMILES string of the molecule is C[C@H](O)CNC(=O)C1CSC(c2ccccc2)=N1. The molecule has 18 heavy (non-hydrogen) atoms. The number of carbonyl (C=O) groups is 1. The Morgan fingerprint density at radius 1 is 1.56 bits per heavy atom. The first-order valence-electron chi connectivity index (χ1n) is 5.88. The first kappa shape index (κ1) is 13.1. The van der Waals surface area contributed by atoms with Gasteiger partial charge in [0, 0.05) is 17.9 Å². The van der Waals surface area contributed by atoms with Crippen LogP contribution in [-0.4, -0.2) is 40.5 Å². The molecule has 96 valence electrons. The number of aliphatic hydroxyl groups excluding tert-OH is 1. The highest BCUT2D eigenvalue weighted by molar-refractivity contribution is 8.14. The first-order valence-corrected chi connectivity index (χ1v) is 6.87. The van der Waals surface area contributed by atoms with Crippen LogP contribution in [0, 0.1) is 0 Å². The molecule has 1 aromatic rings. The average Bonchev–Trinajstić information content (AvgIpc) is 2.86. The van der Waals surface area contributed by atoms with Crippen LogP contribution in [0.1, 0.15) is 12.5 Å². The Kier molecular flexibility index (Phi) is 4.38. The molecular formula is C13H16N2O2S. The van der Waals surface area contributed by atoms with Gasteiger partial charge in [0.15, 0.2) is 0 Å². The van der Waals surface area contributed by atoms with Crippen LogP contribution >= 0.6 is 11.8 Å². The summed E-state index contributed by atoms with van der Waals surface area (Å²) in [6.45, 7) is 1.92. The highest BCUT2D eigenvalue weighted by Gasteiger charge is 2.25. The Morgan fingerprint density at radius 2 is 2.28 bits per heavy atom. The van der Waals surface area contributed by atoms with Crippen molar-refractivity contribution in [3.05, 3.63) is 35.9 Å². The third kappa shape index (κ3) is 3.34. The average molecular weight is 264 g/mol. The largest absolute Gasteiger partial charge is 0.392 e. The minimum absolute atomic E-state index is 0.116. The summed E-state index contributed by atoms with van der Waals surface area (Å²) in [4.78, 5) is 16.2. The molecule has 0 saturated carbocycles. The minimum Gasteiger partial charge on any atom is -0.392 e. The van der Waals surface area contributed by atoms with E-state index in [9.17, 15) is 4.79 Å². The van der Waals surface area contributed by atoms with E-state index >= 15 is 0 Å². The summed E-state index contributed by atoms with van der Waals surface area (Å²) < 4.78 is 0. The van der Waals surface area contributed by atoms with Crippen molar-refractivity contribution in [3.63, 3.8) is 0 Å². The summed E-state index contributed by atoms with van der Waals surface area (Å²) >= 11 is 1.59. The summed E-state index contributed by atoms with van der Waals surface area (Å²) in [5.74, 6) is 0.546. The molecule has 2 N–H and O–H groups in total. The zero-order chi connectivity index (χ0) is 13.0. The lowest BCUT2D eigenvalue weighted by molar-refractivity contribution is -0.122. The van der Waals surface area contributed by atoms with Crippen molar-refractivity contribution in [2.24, 2.45) is 4.99 Å². The van der Waals surface area contributed by atoms with E-state index in [1.54, 1.807) is 18.7 Å². The first-order chi connectivity index (χ1) is 8.66. The number of nitrogens with zero attached hydrogens (tertiary/aromatic N) is 1. The van der Waals surface area contributed by atoms with E-state index in [0.29, 0.717) is 5.75 Å². The minimum atomic E-state index is -0.527. The fraction of sp³-hybridized carbons (Fsp3) is 0.385. The highest BCUT2D eigenvalue weighted by Crippen LogP contribution is 2.23. The maximum atomic E-state index is 11.8. The predicted octanol–water partition coefficient (Wildman–Crippen LogP) is 1.05. The molecule has 0 spiro atoms. The zero-order valence-corrected chi connectivity index (χ0v) is 11.0. The van der Waals surface area contributed by atoms with E-state index in [1.807, 2.05) is 30.3 Å². The highest BCUT2D eigenvalue weighted by atomic mass is 32.2. The molecular weight excluding hydrogens is 248 g/mol. The summed E-state index contributed by atoms with van der Waals surface area (Å²) in [6, 6.07) is 9.50. The maximum absolute atomic E-state index is 11.8. The van der Waals surface area contributed by atoms with E-state index in [1.165, 1.54) is 0 Å². The second-order valence-electron chi connectivity index (χ2n) is 4.22. The lowest BCUT2D eigenvalue weighted by Crippen LogP contribution is -2.37. The van der Waals surface area contributed by atoms with Crippen molar-refractivity contribution in [2.45, 2.75) is 19.1 Å². The van der Waals surface area contributed by atoms with Gasteiger partial charge in [0.05, 0.1) is 11.1 Å². The summed E-state index contributed by atoms with van der Waals surface area (Å²) in [5.41, 5.74) is 1.05. The predicted molar refractivity (Wildman–Crippen MR) is 73.9 cm³/mol. The monoisotopic (exact) mass is 264 g/mol. The van der Waals surface area contributed by atoms with Crippen molar-refractivity contribution in [1.29, 1.82) is 0 Å². The number of aliphatic imine (C=N–C) groups is 1. The number of thioether (sulfide) groups is 1. The second kappa shape index (κ2) is 6.02. The van der Waals surface area contributed by atoms with Gasteiger partial charge in [-0.2, -0.15) is 0 Å². The quantitative estimate of drug-likeness (QED) is 0.854. The van der Waals surface area contributed by atoms with Gasteiger partial charge in [-0.25, -0.2) is 0 Å². The van der Waals surface area contributed by atoms with Gasteiger partial charge in [-0.05, 0) is 6.92 Å². The smallest absolute Gasteiger partial charge is 0.245 e. The molecule has 0 aliphatic carbocycles. The number of benzene rings is 1. The van der Waals surface area contributed by atoms with Gasteiger partial charge in [-0.3, -0.25) is 9.79 Å². The van der Waals surface area contributed by atoms with Crippen LogP contribution in [0.15, 0.2) is 35.3 Å². The molecule has 0 fully saturated rings. The standard InChI is InChI=1S/C13H16N2O2S/c1-9(16)7-14-12(17)11-8-18-13(15-11)10-5-3-2-4-6-10/h2-6,9,11,16H,7-8H2,1H3,(H,14,17)/t9-,11?/m0/s1. The molecule has 2 rings (SSSR count). The van der Waals surface area contributed by atoms with Gasteiger partial charge < -0.3 is 10.4 Å². The van der Waals surface area contributed by atoms with E-state index in [2.05, 4.69) is 10.3 Å². The fourth-order valence-electron chi connectivity index (χ4n) is 1.61. The summed E-state index contributed by atoms with van der Waals surface area (Å²) in [6.07, 6.45) is -0.527. The van der Waals surface area contributed by atoms with E-state index in [0.717, 1.165) is 10.6 Å². The van der Waals surface area contributed by atoms with Crippen LogP contribution in [0.25, 0.3) is 0 Å². The molecule has 5 heteroatoms. The van der Waals surface area contributed by atoms with Gasteiger partial charge in [0.25, 0.3) is 0 Å². The molecule has 1 aromatic carbocycles. The molecule has 1 unspecified atom stereocenters. The van der Waals surface area contributed by atoms with Crippen LogP contribution in [0.4, 0.5) is 0 Å². The lowest BCUT2D eigenvalue weighted by atomic mass is 10.2. The fourth-order valence-corrected chi connectivity index (χ4v) is 2.66. The summed E-state index contributed by atoms with van der Waals surface area (Å²) in [5, 5.41) is 12.7. The van der Waals surface area contributed by atoms with E-state index in [-0.39, 0.29) is 18.5 Å². The third-order valence-corrected chi connectivity index (χ3v) is 3.64. The van der Waals surface area contributed by atoms with Gasteiger partial charge >= 0.3 is 0 Å². The Labute approximate surface area is 111 Å². The number of carbonyl (C=O) groups excluding carboxylic acids is 1. The molecule has 1 heterocycles. The molecule has 0 saturated heterocycles. The molecule has 0 radical (unpaired) electrons.